The van der Waals surface area contributed by atoms with Crippen LogP contribution in [0.15, 0.2) is 24.5 Å². The molecule has 0 bridgehead atoms. The lowest BCUT2D eigenvalue weighted by Gasteiger charge is -2.15. The molecule has 0 saturated carbocycles. The molecule has 2 aromatic heterocycles. The summed E-state index contributed by atoms with van der Waals surface area (Å²) in [5.74, 6) is 0. The first-order valence-electron chi connectivity index (χ1n) is 6.96. The van der Waals surface area contributed by atoms with E-state index in [1.54, 1.807) is 18.4 Å². The first-order valence-corrected chi connectivity index (χ1v) is 7.78. The van der Waals surface area contributed by atoms with E-state index in [0.717, 1.165) is 37.1 Å². The van der Waals surface area contributed by atoms with Crippen molar-refractivity contribution in [2.75, 3.05) is 32.2 Å². The summed E-state index contributed by atoms with van der Waals surface area (Å²) < 4.78 is 5.03. The monoisotopic (exact) mass is 306 g/mol. The Bertz CT molecular complexity index is 544. The molecule has 5 nitrogen and oxygen atoms in total. The smallest absolute Gasteiger partial charge is 0.185 e. The van der Waals surface area contributed by atoms with Gasteiger partial charge in [0.1, 0.15) is 0 Å². The van der Waals surface area contributed by atoms with Crippen LogP contribution in [0.4, 0.5) is 5.13 Å². The summed E-state index contributed by atoms with van der Waals surface area (Å²) in [5, 5.41) is 4.41. The number of rotatable bonds is 8. The zero-order valence-corrected chi connectivity index (χ0v) is 13.6. The number of thiazole rings is 1. The third kappa shape index (κ3) is 4.77. The maximum absolute atomic E-state index is 5.03. The average molecular weight is 306 g/mol. The minimum atomic E-state index is 0.729. The fraction of sp³-hybridized carbons (Fsp3) is 0.467. The Kier molecular flexibility index (Phi) is 6.10. The van der Waals surface area contributed by atoms with Gasteiger partial charge < -0.3 is 15.0 Å². The van der Waals surface area contributed by atoms with Gasteiger partial charge in [-0.1, -0.05) is 0 Å². The molecule has 0 amide bonds. The zero-order valence-electron chi connectivity index (χ0n) is 12.8. The highest BCUT2D eigenvalue weighted by Crippen LogP contribution is 2.26. The van der Waals surface area contributed by atoms with Crippen LogP contribution < -0.4 is 10.2 Å². The number of hydrogen-bond acceptors (Lipinski definition) is 6. The van der Waals surface area contributed by atoms with Gasteiger partial charge in [0.05, 0.1) is 12.3 Å². The Morgan fingerprint density at radius 3 is 2.81 bits per heavy atom. The van der Waals surface area contributed by atoms with Crippen molar-refractivity contribution >= 4 is 16.5 Å². The van der Waals surface area contributed by atoms with E-state index in [1.807, 2.05) is 24.5 Å². The zero-order chi connectivity index (χ0) is 15.1. The van der Waals surface area contributed by atoms with Gasteiger partial charge >= 0.3 is 0 Å². The van der Waals surface area contributed by atoms with E-state index in [0.29, 0.717) is 0 Å². The van der Waals surface area contributed by atoms with Gasteiger partial charge in [0.2, 0.25) is 0 Å². The molecule has 0 atom stereocenters. The number of anilines is 1. The van der Waals surface area contributed by atoms with Crippen LogP contribution in [0.5, 0.6) is 0 Å². The number of aryl methyl sites for hydroxylation is 1. The summed E-state index contributed by atoms with van der Waals surface area (Å²) in [5.41, 5.74) is 2.33. The van der Waals surface area contributed by atoms with Gasteiger partial charge in [0, 0.05) is 51.1 Å². The lowest BCUT2D eigenvalue weighted by Crippen LogP contribution is -2.18. The van der Waals surface area contributed by atoms with Gasteiger partial charge in [-0.2, -0.15) is 0 Å². The van der Waals surface area contributed by atoms with Gasteiger partial charge in [-0.05, 0) is 24.6 Å². The van der Waals surface area contributed by atoms with Gasteiger partial charge in [-0.3, -0.25) is 4.98 Å². The molecule has 0 fully saturated rings. The molecular weight excluding hydrogens is 284 g/mol. The molecule has 0 aliphatic heterocycles. The van der Waals surface area contributed by atoms with Crippen LogP contribution in [0.1, 0.15) is 16.1 Å². The predicted molar refractivity (Wildman–Crippen MR) is 86.8 cm³/mol. The molecule has 2 aromatic rings. The molecule has 6 heteroatoms. The number of ether oxygens (including phenoxy) is 1. The number of nitrogens with one attached hydrogen (secondary N) is 1. The number of nitrogens with zero attached hydrogens (tertiary/aromatic N) is 3. The minimum Gasteiger partial charge on any atom is -0.383 e. The molecule has 0 aromatic carbocycles. The van der Waals surface area contributed by atoms with Gasteiger partial charge in [-0.25, -0.2) is 4.98 Å². The van der Waals surface area contributed by atoms with E-state index in [1.165, 1.54) is 10.4 Å². The van der Waals surface area contributed by atoms with Crippen molar-refractivity contribution < 1.29 is 4.74 Å². The second kappa shape index (κ2) is 8.07. The summed E-state index contributed by atoms with van der Waals surface area (Å²) in [4.78, 5) is 12.2. The second-order valence-corrected chi connectivity index (χ2v) is 5.95. The standard InChI is InChI=1S/C15H22N4OS/c1-12-14(10-17-8-9-20-3)21-15(18-12)19(2)11-13-4-6-16-7-5-13/h4-7,17H,8-11H2,1-3H3. The maximum atomic E-state index is 5.03. The Balaban J connectivity index is 1.94. The predicted octanol–water partition coefficient (Wildman–Crippen LogP) is 2.22. The van der Waals surface area contributed by atoms with Crippen LogP contribution >= 0.6 is 11.3 Å². The van der Waals surface area contributed by atoms with Gasteiger partial charge in [-0.15, -0.1) is 11.3 Å². The number of aromatic nitrogens is 2. The van der Waals surface area contributed by atoms with Gasteiger partial charge in [0.25, 0.3) is 0 Å². The second-order valence-electron chi connectivity index (χ2n) is 4.89. The molecule has 0 spiro atoms. The van der Waals surface area contributed by atoms with Crippen molar-refractivity contribution in [1.29, 1.82) is 0 Å². The highest BCUT2D eigenvalue weighted by molar-refractivity contribution is 7.15. The Morgan fingerprint density at radius 1 is 1.33 bits per heavy atom. The Morgan fingerprint density at radius 2 is 2.10 bits per heavy atom. The van der Waals surface area contributed by atoms with E-state index < -0.39 is 0 Å². The number of pyridine rings is 1. The Labute approximate surface area is 130 Å². The van der Waals surface area contributed by atoms with Crippen LogP contribution in [-0.2, 0) is 17.8 Å². The quantitative estimate of drug-likeness (QED) is 0.758. The van der Waals surface area contributed by atoms with Crippen molar-refractivity contribution in [2.24, 2.45) is 0 Å². The molecule has 0 unspecified atom stereocenters. The first-order chi connectivity index (χ1) is 10.2. The number of hydrogen-bond donors (Lipinski definition) is 1. The largest absolute Gasteiger partial charge is 0.383 e. The van der Waals surface area contributed by atoms with E-state index in [4.69, 9.17) is 4.74 Å². The van der Waals surface area contributed by atoms with Crippen molar-refractivity contribution in [2.45, 2.75) is 20.0 Å². The summed E-state index contributed by atoms with van der Waals surface area (Å²) in [6, 6.07) is 4.06. The molecular formula is C15H22N4OS. The molecule has 0 aliphatic rings. The van der Waals surface area contributed by atoms with Crippen molar-refractivity contribution in [3.05, 3.63) is 40.7 Å². The third-order valence-electron chi connectivity index (χ3n) is 3.15. The first kappa shape index (κ1) is 15.9. The van der Waals surface area contributed by atoms with Crippen molar-refractivity contribution in [3.63, 3.8) is 0 Å². The van der Waals surface area contributed by atoms with E-state index in [9.17, 15) is 0 Å². The molecule has 0 aliphatic carbocycles. The molecule has 2 heterocycles. The van der Waals surface area contributed by atoms with E-state index in [2.05, 4.69) is 34.2 Å². The van der Waals surface area contributed by atoms with E-state index in [-0.39, 0.29) is 0 Å². The third-order valence-corrected chi connectivity index (χ3v) is 4.42. The lowest BCUT2D eigenvalue weighted by molar-refractivity contribution is 0.199. The highest BCUT2D eigenvalue weighted by atomic mass is 32.1. The summed E-state index contributed by atoms with van der Waals surface area (Å²) in [6.45, 7) is 5.33. The number of methoxy groups -OCH3 is 1. The fourth-order valence-electron chi connectivity index (χ4n) is 1.95. The fourth-order valence-corrected chi connectivity index (χ4v) is 2.94. The van der Waals surface area contributed by atoms with Crippen LogP contribution in [0.25, 0.3) is 0 Å². The lowest BCUT2D eigenvalue weighted by atomic mass is 10.2. The highest BCUT2D eigenvalue weighted by Gasteiger charge is 2.11. The molecule has 114 valence electrons. The van der Waals surface area contributed by atoms with Crippen molar-refractivity contribution in [1.82, 2.24) is 15.3 Å². The summed E-state index contributed by atoms with van der Waals surface area (Å²) in [6.07, 6.45) is 3.64. The molecule has 1 N–H and O–H groups in total. The molecule has 0 saturated heterocycles. The minimum absolute atomic E-state index is 0.729. The van der Waals surface area contributed by atoms with Crippen LogP contribution in [0, 0.1) is 6.92 Å². The molecule has 0 radical (unpaired) electrons. The summed E-state index contributed by atoms with van der Waals surface area (Å²) >= 11 is 1.74. The SMILES string of the molecule is COCCNCc1sc(N(C)Cc2ccncc2)nc1C. The van der Waals surface area contributed by atoms with Crippen LogP contribution in [0.2, 0.25) is 0 Å². The van der Waals surface area contributed by atoms with Crippen LogP contribution in [0.3, 0.4) is 0 Å². The molecule has 21 heavy (non-hydrogen) atoms. The van der Waals surface area contributed by atoms with E-state index >= 15 is 0 Å². The van der Waals surface area contributed by atoms with Crippen molar-refractivity contribution in [3.8, 4) is 0 Å². The summed E-state index contributed by atoms with van der Waals surface area (Å²) in [7, 11) is 3.78. The average Bonchev–Trinajstić information content (AvgIpc) is 2.86. The molecule has 2 rings (SSSR count). The van der Waals surface area contributed by atoms with Crippen LogP contribution in [-0.4, -0.2) is 37.3 Å². The van der Waals surface area contributed by atoms with Gasteiger partial charge in [0.15, 0.2) is 5.13 Å². The normalized spacial score (nSPS) is 10.8. The maximum Gasteiger partial charge on any atom is 0.185 e. The topological polar surface area (TPSA) is 50.3 Å². The Hall–Kier alpha value is -1.50.